The van der Waals surface area contributed by atoms with E-state index in [1.54, 1.807) is 31.3 Å². The van der Waals surface area contributed by atoms with Gasteiger partial charge in [0.05, 0.1) is 13.0 Å². The third kappa shape index (κ3) is 6.96. The van der Waals surface area contributed by atoms with Crippen molar-refractivity contribution in [3.05, 3.63) is 24.3 Å². The Morgan fingerprint density at radius 3 is 2.35 bits per heavy atom. The summed E-state index contributed by atoms with van der Waals surface area (Å²) in [6.45, 7) is 0.644. The van der Waals surface area contributed by atoms with E-state index in [9.17, 15) is 9.59 Å². The van der Waals surface area contributed by atoms with Crippen molar-refractivity contribution in [3.8, 4) is 5.75 Å². The van der Waals surface area contributed by atoms with Gasteiger partial charge in [0.25, 0.3) is 0 Å². The monoisotopic (exact) mass is 301 g/mol. The summed E-state index contributed by atoms with van der Waals surface area (Å²) in [5.41, 5.74) is 5.98. The van der Waals surface area contributed by atoms with E-state index in [2.05, 4.69) is 10.6 Å². The van der Waals surface area contributed by atoms with Crippen molar-refractivity contribution in [2.24, 2.45) is 5.73 Å². The maximum Gasteiger partial charge on any atom is 0.225 e. The number of carbonyl (C=O) groups is 2. The minimum Gasteiger partial charge on any atom is -0.493 e. The largest absolute Gasteiger partial charge is 0.493 e. The van der Waals surface area contributed by atoms with Crippen LogP contribution in [0.1, 0.15) is 12.8 Å². The van der Waals surface area contributed by atoms with Crippen LogP contribution in [0.4, 0.5) is 5.69 Å². The molecule has 0 aliphatic heterocycles. The zero-order chi connectivity index (χ0) is 14.1. The van der Waals surface area contributed by atoms with Crippen molar-refractivity contribution in [3.63, 3.8) is 0 Å². The molecule has 6 nitrogen and oxygen atoms in total. The summed E-state index contributed by atoms with van der Waals surface area (Å²) < 4.78 is 5.39. The molecule has 1 aromatic carbocycles. The highest BCUT2D eigenvalue weighted by Crippen LogP contribution is 2.15. The average molecular weight is 302 g/mol. The Morgan fingerprint density at radius 1 is 1.15 bits per heavy atom. The Morgan fingerprint density at radius 2 is 1.80 bits per heavy atom. The fourth-order valence-electron chi connectivity index (χ4n) is 1.38. The van der Waals surface area contributed by atoms with Gasteiger partial charge in [-0.1, -0.05) is 0 Å². The van der Waals surface area contributed by atoms with Gasteiger partial charge in [-0.3, -0.25) is 9.59 Å². The number of anilines is 1. The molecule has 0 saturated heterocycles. The number of rotatable bonds is 7. The quantitative estimate of drug-likeness (QED) is 0.698. The Bertz CT molecular complexity index is 423. The number of hydrogen-bond acceptors (Lipinski definition) is 4. The number of amides is 2. The first-order chi connectivity index (χ1) is 9.15. The van der Waals surface area contributed by atoms with Gasteiger partial charge in [-0.15, -0.1) is 12.4 Å². The van der Waals surface area contributed by atoms with E-state index < -0.39 is 0 Å². The minimum atomic E-state index is -0.115. The van der Waals surface area contributed by atoms with E-state index in [0.717, 1.165) is 0 Å². The van der Waals surface area contributed by atoms with Crippen LogP contribution in [0.2, 0.25) is 0 Å². The number of nitrogens with one attached hydrogen (secondary N) is 2. The van der Waals surface area contributed by atoms with Gasteiger partial charge in [-0.05, 0) is 24.3 Å². The van der Waals surface area contributed by atoms with Crippen LogP contribution in [-0.4, -0.2) is 32.0 Å². The van der Waals surface area contributed by atoms with Gasteiger partial charge in [0, 0.05) is 25.7 Å². The maximum atomic E-state index is 11.3. The first kappa shape index (κ1) is 18.2. The van der Waals surface area contributed by atoms with Crippen molar-refractivity contribution < 1.29 is 14.3 Å². The lowest BCUT2D eigenvalue weighted by Crippen LogP contribution is -2.20. The van der Waals surface area contributed by atoms with Crippen LogP contribution in [-0.2, 0) is 9.59 Å². The SMILES string of the molecule is CNC(=O)CCOc1ccc(NC(=O)CCN)cc1.Cl. The second kappa shape index (κ2) is 10.1. The molecular formula is C13H20ClN3O3. The summed E-state index contributed by atoms with van der Waals surface area (Å²) in [5, 5.41) is 5.23. The smallest absolute Gasteiger partial charge is 0.225 e. The molecular weight excluding hydrogens is 282 g/mol. The number of halogens is 1. The summed E-state index contributed by atoms with van der Waals surface area (Å²) in [7, 11) is 1.58. The number of nitrogens with two attached hydrogens (primary N) is 1. The molecule has 1 rings (SSSR count). The van der Waals surface area contributed by atoms with Gasteiger partial charge in [0.15, 0.2) is 0 Å². The molecule has 0 saturated carbocycles. The lowest BCUT2D eigenvalue weighted by molar-refractivity contribution is -0.121. The maximum absolute atomic E-state index is 11.3. The number of carbonyl (C=O) groups excluding carboxylic acids is 2. The zero-order valence-corrected chi connectivity index (χ0v) is 12.2. The van der Waals surface area contributed by atoms with Gasteiger partial charge >= 0.3 is 0 Å². The van der Waals surface area contributed by atoms with Gasteiger partial charge < -0.3 is 21.1 Å². The van der Waals surface area contributed by atoms with Gasteiger partial charge in [0.2, 0.25) is 11.8 Å². The highest BCUT2D eigenvalue weighted by atomic mass is 35.5. The summed E-state index contributed by atoms with van der Waals surface area (Å²) in [6.07, 6.45) is 0.607. The van der Waals surface area contributed by atoms with Crippen molar-refractivity contribution in [2.45, 2.75) is 12.8 Å². The minimum absolute atomic E-state index is 0. The number of hydrogen-bond donors (Lipinski definition) is 3. The molecule has 0 unspecified atom stereocenters. The molecule has 0 fully saturated rings. The Labute approximate surface area is 124 Å². The first-order valence-electron chi connectivity index (χ1n) is 6.09. The Hall–Kier alpha value is -1.79. The highest BCUT2D eigenvalue weighted by molar-refractivity contribution is 5.90. The molecule has 1 aromatic rings. The fourth-order valence-corrected chi connectivity index (χ4v) is 1.38. The van der Waals surface area contributed by atoms with Crippen molar-refractivity contribution in [2.75, 3.05) is 25.5 Å². The van der Waals surface area contributed by atoms with E-state index >= 15 is 0 Å². The van der Waals surface area contributed by atoms with E-state index in [0.29, 0.717) is 37.4 Å². The van der Waals surface area contributed by atoms with Crippen LogP contribution in [0.3, 0.4) is 0 Å². The van der Waals surface area contributed by atoms with E-state index in [-0.39, 0.29) is 24.2 Å². The summed E-state index contributed by atoms with van der Waals surface area (Å²) in [5.74, 6) is 0.474. The van der Waals surface area contributed by atoms with Gasteiger partial charge in [0.1, 0.15) is 5.75 Å². The molecule has 112 valence electrons. The topological polar surface area (TPSA) is 93.5 Å². The van der Waals surface area contributed by atoms with Gasteiger partial charge in [-0.2, -0.15) is 0 Å². The molecule has 0 spiro atoms. The van der Waals surface area contributed by atoms with Crippen LogP contribution in [0.5, 0.6) is 5.75 Å². The molecule has 0 radical (unpaired) electrons. The van der Waals surface area contributed by atoms with Crippen LogP contribution in [0, 0.1) is 0 Å². The standard InChI is InChI=1S/C13H19N3O3.ClH/c1-15-12(17)7-9-19-11-4-2-10(3-5-11)16-13(18)6-8-14;/h2-5H,6-9,14H2,1H3,(H,15,17)(H,16,18);1H. The highest BCUT2D eigenvalue weighted by Gasteiger charge is 2.02. The van der Waals surface area contributed by atoms with Crippen molar-refractivity contribution in [1.82, 2.24) is 5.32 Å². The van der Waals surface area contributed by atoms with E-state index in [1.165, 1.54) is 0 Å². The summed E-state index contributed by atoms with van der Waals surface area (Å²) in [6, 6.07) is 6.96. The number of ether oxygens (including phenoxy) is 1. The summed E-state index contributed by atoms with van der Waals surface area (Å²) in [4.78, 5) is 22.3. The average Bonchev–Trinajstić information content (AvgIpc) is 2.41. The van der Waals surface area contributed by atoms with E-state index in [1.807, 2.05) is 0 Å². The number of benzene rings is 1. The molecule has 0 aliphatic carbocycles. The van der Waals surface area contributed by atoms with Crippen LogP contribution >= 0.6 is 12.4 Å². The molecule has 20 heavy (non-hydrogen) atoms. The molecule has 2 amide bonds. The third-order valence-electron chi connectivity index (χ3n) is 2.39. The Balaban J connectivity index is 0.00000361. The lowest BCUT2D eigenvalue weighted by Gasteiger charge is -2.07. The normalized spacial score (nSPS) is 9.30. The fraction of sp³-hybridized carbons (Fsp3) is 0.385. The predicted octanol–water partition coefficient (Wildman–Crippen LogP) is 0.911. The van der Waals surface area contributed by atoms with Crippen molar-refractivity contribution in [1.29, 1.82) is 0 Å². The second-order valence-electron chi connectivity index (χ2n) is 3.88. The van der Waals surface area contributed by atoms with Gasteiger partial charge in [-0.25, -0.2) is 0 Å². The lowest BCUT2D eigenvalue weighted by atomic mass is 10.3. The second-order valence-corrected chi connectivity index (χ2v) is 3.88. The molecule has 7 heteroatoms. The van der Waals surface area contributed by atoms with E-state index in [4.69, 9.17) is 10.5 Å². The molecule has 0 heterocycles. The Kier molecular flexibility index (Phi) is 9.15. The third-order valence-corrected chi connectivity index (χ3v) is 2.39. The first-order valence-corrected chi connectivity index (χ1v) is 6.09. The molecule has 0 aliphatic rings. The molecule has 0 aromatic heterocycles. The molecule has 0 bridgehead atoms. The molecule has 4 N–H and O–H groups in total. The zero-order valence-electron chi connectivity index (χ0n) is 11.3. The van der Waals surface area contributed by atoms with Crippen LogP contribution in [0.25, 0.3) is 0 Å². The van der Waals surface area contributed by atoms with Crippen LogP contribution < -0.4 is 21.1 Å². The van der Waals surface area contributed by atoms with Crippen molar-refractivity contribution >= 4 is 29.9 Å². The summed E-state index contributed by atoms with van der Waals surface area (Å²) >= 11 is 0. The molecule has 0 atom stereocenters. The van der Waals surface area contributed by atoms with Crippen LogP contribution in [0.15, 0.2) is 24.3 Å². The predicted molar refractivity (Wildman–Crippen MR) is 80.2 cm³/mol.